The summed E-state index contributed by atoms with van der Waals surface area (Å²) in [5.41, 5.74) is 0. The quantitative estimate of drug-likeness (QED) is 0.0519. The molecule has 1 rings (SSSR count). The smallest absolute Gasteiger partial charge is 0.310 e. The number of esters is 2. The zero-order chi connectivity index (χ0) is 40.6. The van der Waals surface area contributed by atoms with E-state index in [9.17, 15) is 14.4 Å². The Morgan fingerprint density at radius 3 is 1.66 bits per heavy atom. The second-order valence-corrected chi connectivity index (χ2v) is 17.4. The summed E-state index contributed by atoms with van der Waals surface area (Å²) >= 11 is 1.54. The van der Waals surface area contributed by atoms with Crippen molar-refractivity contribution in [1.29, 1.82) is 0 Å². The van der Waals surface area contributed by atoms with Crippen LogP contribution in [0.4, 0.5) is 0 Å². The highest BCUT2D eigenvalue weighted by Gasteiger charge is 2.26. The zero-order valence-corrected chi connectivity index (χ0v) is 37.5. The third-order valence-electron chi connectivity index (χ3n) is 10.8. The Kier molecular flexibility index (Phi) is 36.9. The molecule has 0 aliphatic carbocycles. The van der Waals surface area contributed by atoms with Crippen LogP contribution in [0.25, 0.3) is 0 Å². The molecule has 9 heteroatoms. The Morgan fingerprint density at radius 2 is 1.16 bits per heavy atom. The van der Waals surface area contributed by atoms with Crippen LogP contribution in [0.3, 0.4) is 0 Å². The molecule has 1 unspecified atom stereocenters. The number of imidazole rings is 1. The summed E-state index contributed by atoms with van der Waals surface area (Å²) in [6.07, 6.45) is 41.0. The number of hydrogen-bond donors (Lipinski definition) is 1. The van der Waals surface area contributed by atoms with Crippen molar-refractivity contribution in [1.82, 2.24) is 14.9 Å². The number of amides is 1. The fraction of sp³-hybridized carbons (Fsp3) is 0.872. The molecule has 1 aromatic rings. The molecule has 1 amide bonds. The summed E-state index contributed by atoms with van der Waals surface area (Å²) in [5, 5.41) is 3.01. The molecule has 0 saturated heterocycles. The van der Waals surface area contributed by atoms with E-state index in [-0.39, 0.29) is 30.4 Å². The van der Waals surface area contributed by atoms with Crippen molar-refractivity contribution in [2.24, 2.45) is 5.92 Å². The SMILES string of the molecule is CCCCCCCCCCCCCCCCOC(=O)CCSCC(CC(=O)NCCCn1ccnc1)C(=O)OC(CCCCCCCC)CCCCCCCC. The third kappa shape index (κ3) is 33.0. The van der Waals surface area contributed by atoms with Gasteiger partial charge in [-0.25, -0.2) is 4.98 Å². The number of thioether (sulfide) groups is 1. The van der Waals surface area contributed by atoms with Gasteiger partial charge in [0.25, 0.3) is 0 Å². The summed E-state index contributed by atoms with van der Waals surface area (Å²) in [6, 6.07) is 0. The van der Waals surface area contributed by atoms with Crippen molar-refractivity contribution < 1.29 is 23.9 Å². The van der Waals surface area contributed by atoms with E-state index in [4.69, 9.17) is 9.47 Å². The highest BCUT2D eigenvalue weighted by atomic mass is 32.2. The summed E-state index contributed by atoms with van der Waals surface area (Å²) < 4.78 is 13.7. The average Bonchev–Trinajstić information content (AvgIpc) is 3.72. The topological polar surface area (TPSA) is 99.5 Å². The van der Waals surface area contributed by atoms with Gasteiger partial charge in [0.05, 0.1) is 25.3 Å². The highest BCUT2D eigenvalue weighted by molar-refractivity contribution is 7.99. The second kappa shape index (κ2) is 39.8. The molecule has 0 aliphatic heterocycles. The molecule has 0 aromatic carbocycles. The van der Waals surface area contributed by atoms with Gasteiger partial charge >= 0.3 is 11.9 Å². The Balaban J connectivity index is 2.47. The van der Waals surface area contributed by atoms with E-state index >= 15 is 0 Å². The van der Waals surface area contributed by atoms with E-state index < -0.39 is 5.92 Å². The highest BCUT2D eigenvalue weighted by Crippen LogP contribution is 2.22. The fourth-order valence-corrected chi connectivity index (χ4v) is 8.19. The molecule has 0 aliphatic rings. The molecule has 1 heterocycles. The molecule has 56 heavy (non-hydrogen) atoms. The lowest BCUT2D eigenvalue weighted by Gasteiger charge is -2.22. The molecule has 0 bridgehead atoms. The Labute approximate surface area is 349 Å². The van der Waals surface area contributed by atoms with Crippen molar-refractivity contribution in [3.05, 3.63) is 18.7 Å². The summed E-state index contributed by atoms with van der Waals surface area (Å²) in [7, 11) is 0. The number of rotatable bonds is 42. The first-order valence-electron chi connectivity index (χ1n) is 23.7. The fourth-order valence-electron chi connectivity index (χ4n) is 7.18. The number of nitrogens with one attached hydrogen (secondary N) is 1. The maximum atomic E-state index is 13.7. The maximum Gasteiger partial charge on any atom is 0.310 e. The summed E-state index contributed by atoms with van der Waals surface area (Å²) in [5.74, 6) is -0.111. The van der Waals surface area contributed by atoms with Gasteiger partial charge in [-0.05, 0) is 38.5 Å². The number of unbranched alkanes of at least 4 members (excludes halogenated alkanes) is 23. The molecular weight excluding hydrogens is 719 g/mol. The van der Waals surface area contributed by atoms with E-state index in [1.165, 1.54) is 141 Å². The normalized spacial score (nSPS) is 11.9. The molecule has 1 aromatic heterocycles. The van der Waals surface area contributed by atoms with Gasteiger partial charge in [0.1, 0.15) is 6.10 Å². The van der Waals surface area contributed by atoms with E-state index in [1.54, 1.807) is 24.3 Å². The number of aryl methyl sites for hydroxylation is 1. The molecule has 8 nitrogen and oxygen atoms in total. The van der Waals surface area contributed by atoms with Crippen LogP contribution in [0, 0.1) is 5.92 Å². The number of carbonyl (C=O) groups is 3. The third-order valence-corrected chi connectivity index (χ3v) is 11.9. The lowest BCUT2D eigenvalue weighted by molar-refractivity contribution is -0.155. The van der Waals surface area contributed by atoms with E-state index in [0.717, 1.165) is 51.5 Å². The molecule has 1 N–H and O–H groups in total. The lowest BCUT2D eigenvalue weighted by Crippen LogP contribution is -2.33. The number of aromatic nitrogens is 2. The van der Waals surface area contributed by atoms with Crippen LogP contribution in [-0.2, 0) is 30.4 Å². The molecule has 0 spiro atoms. The van der Waals surface area contributed by atoms with Crippen molar-refractivity contribution in [3.8, 4) is 0 Å². The largest absolute Gasteiger partial charge is 0.466 e. The molecular formula is C47H87N3O5S. The van der Waals surface area contributed by atoms with Gasteiger partial charge in [-0.1, -0.05) is 168 Å². The van der Waals surface area contributed by atoms with Crippen LogP contribution in [0.15, 0.2) is 18.7 Å². The molecule has 326 valence electrons. The molecule has 0 fully saturated rings. The number of carbonyl (C=O) groups excluding carboxylic acids is 3. The first-order valence-corrected chi connectivity index (χ1v) is 24.8. The van der Waals surface area contributed by atoms with Crippen LogP contribution < -0.4 is 5.32 Å². The number of nitrogens with zero attached hydrogens (tertiary/aromatic N) is 2. The van der Waals surface area contributed by atoms with Crippen LogP contribution in [0.2, 0.25) is 0 Å². The maximum absolute atomic E-state index is 13.7. The minimum Gasteiger partial charge on any atom is -0.466 e. The first kappa shape index (κ1) is 52.0. The molecule has 0 saturated carbocycles. The van der Waals surface area contributed by atoms with E-state index in [0.29, 0.717) is 31.1 Å². The van der Waals surface area contributed by atoms with Crippen LogP contribution in [0.1, 0.15) is 220 Å². The predicted molar refractivity (Wildman–Crippen MR) is 237 cm³/mol. The van der Waals surface area contributed by atoms with E-state index in [2.05, 4.69) is 31.1 Å². The minimum atomic E-state index is -0.545. The van der Waals surface area contributed by atoms with Gasteiger partial charge in [0, 0.05) is 43.4 Å². The van der Waals surface area contributed by atoms with Gasteiger partial charge in [-0.15, -0.1) is 0 Å². The van der Waals surface area contributed by atoms with Crippen LogP contribution in [0.5, 0.6) is 0 Å². The number of ether oxygens (including phenoxy) is 2. The zero-order valence-electron chi connectivity index (χ0n) is 36.7. The van der Waals surface area contributed by atoms with Crippen LogP contribution in [-0.4, -0.2) is 58.2 Å². The van der Waals surface area contributed by atoms with Crippen molar-refractivity contribution >= 4 is 29.6 Å². The summed E-state index contributed by atoms with van der Waals surface area (Å²) in [6.45, 7) is 8.54. The lowest BCUT2D eigenvalue weighted by atomic mass is 10.0. The molecule has 0 radical (unpaired) electrons. The van der Waals surface area contributed by atoms with Gasteiger partial charge in [-0.3, -0.25) is 14.4 Å². The Hall–Kier alpha value is -2.03. The van der Waals surface area contributed by atoms with Gasteiger partial charge in [0.2, 0.25) is 5.91 Å². The monoisotopic (exact) mass is 806 g/mol. The van der Waals surface area contributed by atoms with Crippen molar-refractivity contribution in [2.75, 3.05) is 24.7 Å². The minimum absolute atomic E-state index is 0.0984. The van der Waals surface area contributed by atoms with Gasteiger partial charge in [0.15, 0.2) is 0 Å². The van der Waals surface area contributed by atoms with Crippen molar-refractivity contribution in [3.63, 3.8) is 0 Å². The average molecular weight is 806 g/mol. The van der Waals surface area contributed by atoms with Crippen molar-refractivity contribution in [2.45, 2.75) is 232 Å². The first-order chi connectivity index (χ1) is 27.5. The van der Waals surface area contributed by atoms with Gasteiger partial charge < -0.3 is 19.4 Å². The second-order valence-electron chi connectivity index (χ2n) is 16.2. The van der Waals surface area contributed by atoms with E-state index in [1.807, 2.05) is 10.8 Å². The summed E-state index contributed by atoms with van der Waals surface area (Å²) in [4.78, 5) is 43.3. The van der Waals surface area contributed by atoms with Crippen LogP contribution >= 0.6 is 11.8 Å². The Bertz CT molecular complexity index is 1010. The molecule has 1 atom stereocenters. The predicted octanol–water partition coefficient (Wildman–Crippen LogP) is 13.0. The van der Waals surface area contributed by atoms with Gasteiger partial charge in [-0.2, -0.15) is 11.8 Å². The number of hydrogen-bond acceptors (Lipinski definition) is 7. The Morgan fingerprint density at radius 1 is 0.661 bits per heavy atom. The standard InChI is InChI=1S/C47H87N3O5S/c1-4-7-10-13-16-17-18-19-20-21-22-23-26-29-38-54-46(52)33-39-56-41-43(40-45(51)49-34-30-36-50-37-35-48-42-50)47(53)55-44(31-27-24-14-11-8-5-2)32-28-25-15-12-9-6-3/h35,37,42-44H,4-34,36,38-41H2,1-3H3,(H,49,51).